The van der Waals surface area contributed by atoms with E-state index >= 15 is 8.78 Å². The highest BCUT2D eigenvalue weighted by Crippen LogP contribution is 2.41. The molecule has 5 heterocycles. The Morgan fingerprint density at radius 2 is 2.02 bits per heavy atom. The first-order valence-corrected chi connectivity index (χ1v) is 14.4. The van der Waals surface area contributed by atoms with E-state index in [2.05, 4.69) is 38.9 Å². The highest BCUT2D eigenvalue weighted by atomic mass is 19.1. The van der Waals surface area contributed by atoms with Gasteiger partial charge in [-0.1, -0.05) is 12.1 Å². The number of nitrogens with zero attached hydrogens (tertiary/aromatic N) is 5. The maximum absolute atomic E-state index is 16.5. The van der Waals surface area contributed by atoms with Crippen molar-refractivity contribution >= 4 is 27.5 Å². The lowest BCUT2D eigenvalue weighted by atomic mass is 9.95. The lowest BCUT2D eigenvalue weighted by Crippen LogP contribution is -2.57. The van der Waals surface area contributed by atoms with Crippen molar-refractivity contribution in [2.75, 3.05) is 44.2 Å². The molecule has 0 saturated carbocycles. The third-order valence-electron chi connectivity index (χ3n) is 8.91. The first kappa shape index (κ1) is 27.2. The molecule has 3 aliphatic rings. The standard InChI is InChI=1S/C31H33F3N6O2/c1-30(2)16-39(10-8-36-30)28-22-14-35-26(21-12-20(41)11-18-5-3-6-23(33)24(18)21)25(34)27(22)37-29(38-28)42-17-31-7-4-9-40(31)15-19(32)13-31/h3,5-6,11-12,14,19,36,41H,4,7-10,13,15-17H2,1-2H3/t19-,31+/m1/s1. The first-order chi connectivity index (χ1) is 20.1. The summed E-state index contributed by atoms with van der Waals surface area (Å²) < 4.78 is 52.1. The van der Waals surface area contributed by atoms with Crippen LogP contribution >= 0.6 is 0 Å². The fraction of sp³-hybridized carbons (Fsp3) is 0.452. The average molecular weight is 579 g/mol. The number of ether oxygens (including phenoxy) is 1. The number of hydrogen-bond acceptors (Lipinski definition) is 8. The van der Waals surface area contributed by atoms with E-state index in [4.69, 9.17) is 9.72 Å². The van der Waals surface area contributed by atoms with Crippen LogP contribution in [0.25, 0.3) is 32.9 Å². The van der Waals surface area contributed by atoms with Crippen LogP contribution in [0.5, 0.6) is 11.8 Å². The predicted molar refractivity (Wildman–Crippen MR) is 155 cm³/mol. The normalized spacial score (nSPS) is 24.0. The van der Waals surface area contributed by atoms with Gasteiger partial charge in [-0.05, 0) is 56.8 Å². The summed E-state index contributed by atoms with van der Waals surface area (Å²) in [5.74, 6) is -0.966. The van der Waals surface area contributed by atoms with Crippen molar-refractivity contribution in [3.63, 3.8) is 0 Å². The van der Waals surface area contributed by atoms with Crippen molar-refractivity contribution < 1.29 is 23.0 Å². The number of aromatic hydroxyl groups is 1. The van der Waals surface area contributed by atoms with Gasteiger partial charge in [0.25, 0.3) is 0 Å². The van der Waals surface area contributed by atoms with Gasteiger partial charge in [-0.15, -0.1) is 0 Å². The molecule has 220 valence electrons. The van der Waals surface area contributed by atoms with E-state index < -0.39 is 23.3 Å². The van der Waals surface area contributed by atoms with Crippen LogP contribution in [0.15, 0.2) is 36.5 Å². The quantitative estimate of drug-likeness (QED) is 0.343. The number of anilines is 1. The molecule has 2 aromatic heterocycles. The number of halogens is 3. The smallest absolute Gasteiger partial charge is 0.319 e. The van der Waals surface area contributed by atoms with Crippen LogP contribution in [-0.4, -0.2) is 81.5 Å². The number of piperazine rings is 1. The van der Waals surface area contributed by atoms with Crippen LogP contribution in [0.2, 0.25) is 0 Å². The molecule has 7 rings (SSSR count). The van der Waals surface area contributed by atoms with Gasteiger partial charge in [0.05, 0.1) is 10.9 Å². The van der Waals surface area contributed by atoms with Gasteiger partial charge in [0.2, 0.25) is 0 Å². The molecule has 42 heavy (non-hydrogen) atoms. The third-order valence-corrected chi connectivity index (χ3v) is 8.91. The lowest BCUT2D eigenvalue weighted by molar-refractivity contribution is 0.107. The highest BCUT2D eigenvalue weighted by Gasteiger charge is 2.49. The molecule has 0 bridgehead atoms. The molecule has 2 aromatic carbocycles. The maximum atomic E-state index is 16.5. The molecule has 0 aliphatic carbocycles. The topological polar surface area (TPSA) is 86.6 Å². The molecule has 2 N–H and O–H groups in total. The summed E-state index contributed by atoms with van der Waals surface area (Å²) in [5.41, 5.74) is -0.673. The number of aromatic nitrogens is 3. The summed E-state index contributed by atoms with van der Waals surface area (Å²) >= 11 is 0. The van der Waals surface area contributed by atoms with Crippen molar-refractivity contribution in [3.8, 4) is 23.0 Å². The number of pyridine rings is 1. The van der Waals surface area contributed by atoms with E-state index in [1.807, 2.05) is 0 Å². The molecular formula is C31H33F3N6O2. The SMILES string of the molecule is CC1(C)CN(c2nc(OC[C@@]34CCCN3C[C@H](F)C4)nc3c(F)c(-c4cc(O)cc5cccc(F)c45)ncc23)CCN1. The molecule has 0 unspecified atom stereocenters. The zero-order chi connectivity index (χ0) is 29.2. The molecule has 8 nitrogen and oxygen atoms in total. The van der Waals surface area contributed by atoms with Crippen molar-refractivity contribution in [3.05, 3.63) is 48.2 Å². The minimum Gasteiger partial charge on any atom is -0.508 e. The lowest BCUT2D eigenvalue weighted by Gasteiger charge is -2.40. The molecule has 0 amide bonds. The van der Waals surface area contributed by atoms with Gasteiger partial charge < -0.3 is 20.1 Å². The summed E-state index contributed by atoms with van der Waals surface area (Å²) in [6.45, 7) is 7.51. The van der Waals surface area contributed by atoms with Crippen molar-refractivity contribution in [1.29, 1.82) is 0 Å². The Morgan fingerprint density at radius 3 is 2.86 bits per heavy atom. The number of hydrogen-bond donors (Lipinski definition) is 2. The molecule has 0 spiro atoms. The third kappa shape index (κ3) is 4.59. The maximum Gasteiger partial charge on any atom is 0.319 e. The zero-order valence-electron chi connectivity index (χ0n) is 23.6. The van der Waals surface area contributed by atoms with E-state index in [1.165, 1.54) is 30.5 Å². The van der Waals surface area contributed by atoms with Gasteiger partial charge in [0, 0.05) is 55.3 Å². The second-order valence-corrected chi connectivity index (χ2v) is 12.4. The molecule has 11 heteroatoms. The van der Waals surface area contributed by atoms with Crippen molar-refractivity contribution in [1.82, 2.24) is 25.2 Å². The minimum absolute atomic E-state index is 0.000342. The van der Waals surface area contributed by atoms with E-state index in [0.717, 1.165) is 19.4 Å². The van der Waals surface area contributed by atoms with Gasteiger partial charge in [-0.3, -0.25) is 9.88 Å². The van der Waals surface area contributed by atoms with Gasteiger partial charge in [0.15, 0.2) is 5.82 Å². The zero-order valence-corrected chi connectivity index (χ0v) is 23.6. The summed E-state index contributed by atoms with van der Waals surface area (Å²) in [5, 5.41) is 14.8. The first-order valence-electron chi connectivity index (χ1n) is 14.4. The number of rotatable bonds is 5. The van der Waals surface area contributed by atoms with Crippen molar-refractivity contribution in [2.24, 2.45) is 0 Å². The van der Waals surface area contributed by atoms with Crippen LogP contribution < -0.4 is 15.0 Å². The van der Waals surface area contributed by atoms with Crippen LogP contribution in [-0.2, 0) is 0 Å². The van der Waals surface area contributed by atoms with E-state index in [0.29, 0.717) is 49.2 Å². The van der Waals surface area contributed by atoms with Crippen LogP contribution in [0, 0.1) is 11.6 Å². The van der Waals surface area contributed by atoms with E-state index in [1.54, 1.807) is 6.07 Å². The number of phenolic OH excluding ortho intramolecular Hbond substituents is 1. The summed E-state index contributed by atoms with van der Waals surface area (Å²) in [6.07, 6.45) is 2.76. The van der Waals surface area contributed by atoms with Gasteiger partial charge >= 0.3 is 6.01 Å². The average Bonchev–Trinajstić information content (AvgIpc) is 3.46. The van der Waals surface area contributed by atoms with Crippen LogP contribution in [0.3, 0.4) is 0 Å². The number of nitrogens with one attached hydrogen (secondary N) is 1. The highest BCUT2D eigenvalue weighted by molar-refractivity contribution is 6.00. The molecular weight excluding hydrogens is 545 g/mol. The van der Waals surface area contributed by atoms with Crippen LogP contribution in [0.1, 0.15) is 33.1 Å². The monoisotopic (exact) mass is 578 g/mol. The predicted octanol–water partition coefficient (Wildman–Crippen LogP) is 4.97. The van der Waals surface area contributed by atoms with E-state index in [9.17, 15) is 9.50 Å². The van der Waals surface area contributed by atoms with Gasteiger partial charge in [-0.25, -0.2) is 13.2 Å². The van der Waals surface area contributed by atoms with E-state index in [-0.39, 0.29) is 46.1 Å². The number of phenols is 1. The van der Waals surface area contributed by atoms with Gasteiger partial charge in [-0.2, -0.15) is 9.97 Å². The Labute approximate surface area is 241 Å². The number of fused-ring (bicyclic) bond motifs is 3. The van der Waals surface area contributed by atoms with Gasteiger partial charge in [0.1, 0.15) is 41.4 Å². The second-order valence-electron chi connectivity index (χ2n) is 12.4. The fourth-order valence-electron chi connectivity index (χ4n) is 7.04. The Bertz CT molecular complexity index is 1700. The molecule has 3 aliphatic heterocycles. The molecule has 3 fully saturated rings. The Hall–Kier alpha value is -3.70. The Kier molecular flexibility index (Phi) is 6.43. The summed E-state index contributed by atoms with van der Waals surface area (Å²) in [6, 6.07) is 7.20. The molecule has 0 radical (unpaired) electrons. The Morgan fingerprint density at radius 1 is 1.17 bits per heavy atom. The number of benzene rings is 2. The fourth-order valence-corrected chi connectivity index (χ4v) is 7.04. The summed E-state index contributed by atoms with van der Waals surface area (Å²) in [4.78, 5) is 17.9. The molecule has 4 aromatic rings. The summed E-state index contributed by atoms with van der Waals surface area (Å²) in [7, 11) is 0. The van der Waals surface area contributed by atoms with Crippen molar-refractivity contribution in [2.45, 2.75) is 50.4 Å². The minimum atomic E-state index is -0.909. The molecule has 3 saturated heterocycles. The van der Waals surface area contributed by atoms with Crippen LogP contribution in [0.4, 0.5) is 19.0 Å². The molecule has 2 atom stereocenters. The number of alkyl halides is 1. The Balaban J connectivity index is 1.36. The largest absolute Gasteiger partial charge is 0.508 e. The second kappa shape index (κ2) is 9.95.